The fraction of sp³-hybridized carbons (Fsp3) is 0.462. The quantitative estimate of drug-likeness (QED) is 0.131. The summed E-state index contributed by atoms with van der Waals surface area (Å²) >= 11 is 0. The van der Waals surface area contributed by atoms with Gasteiger partial charge in [-0.15, -0.1) is 0 Å². The van der Waals surface area contributed by atoms with E-state index in [1.165, 1.54) is 16.7 Å². The second-order valence-electron chi connectivity index (χ2n) is 31.9. The van der Waals surface area contributed by atoms with E-state index in [-0.39, 0.29) is 64.1 Å². The van der Waals surface area contributed by atoms with Crippen molar-refractivity contribution in [1.29, 1.82) is 0 Å². The molecule has 0 fully saturated rings. The molecule has 0 saturated heterocycles. The summed E-state index contributed by atoms with van der Waals surface area (Å²) in [6.45, 7) is 53.1. The summed E-state index contributed by atoms with van der Waals surface area (Å²) in [6, 6.07) is 38.4. The van der Waals surface area contributed by atoms with Crippen LogP contribution in [0, 0.1) is 0 Å². The molecular weight excluding hydrogens is 1060 g/mol. The van der Waals surface area contributed by atoms with Crippen molar-refractivity contribution in [2.24, 2.45) is 0 Å². The molecule has 460 valence electrons. The zero-order chi connectivity index (χ0) is 64.2. The Hall–Kier alpha value is -6.74. The molecule has 0 bridgehead atoms. The average molecular weight is 1160 g/mol. The number of methoxy groups -OCH3 is 2. The third-order valence-corrected chi connectivity index (χ3v) is 16.3. The number of para-hydroxylation sites is 2. The summed E-state index contributed by atoms with van der Waals surface area (Å²) in [6.07, 6.45) is 0. The number of fused-ring (bicyclic) bond motifs is 2. The summed E-state index contributed by atoms with van der Waals surface area (Å²) < 4.78 is 23.6. The Kier molecular flexibility index (Phi) is 18.7. The van der Waals surface area contributed by atoms with Crippen molar-refractivity contribution >= 4 is 21.8 Å². The highest BCUT2D eigenvalue weighted by atomic mass is 16.7. The van der Waals surface area contributed by atoms with Crippen molar-refractivity contribution in [3.8, 4) is 67.8 Å². The number of pyridine rings is 2. The van der Waals surface area contributed by atoms with Gasteiger partial charge in [0.05, 0.1) is 22.4 Å². The van der Waals surface area contributed by atoms with E-state index >= 15 is 0 Å². The average Bonchev–Trinajstić information content (AvgIpc) is 0.906. The number of phenolic OH excluding ortho intramolecular Hbond substituents is 2. The number of hydrogen-bond donors (Lipinski definition) is 2. The van der Waals surface area contributed by atoms with E-state index in [9.17, 15) is 10.2 Å². The lowest BCUT2D eigenvalue weighted by Gasteiger charge is -2.30. The van der Waals surface area contributed by atoms with Crippen LogP contribution in [0.25, 0.3) is 66.6 Å². The number of benzene rings is 6. The van der Waals surface area contributed by atoms with Gasteiger partial charge in [-0.2, -0.15) is 0 Å². The zero-order valence-electron chi connectivity index (χ0n) is 58.2. The molecule has 86 heavy (non-hydrogen) atoms. The summed E-state index contributed by atoms with van der Waals surface area (Å²) in [5.41, 5.74) is 16.5. The van der Waals surface area contributed by atoms with Crippen LogP contribution in [0.5, 0.6) is 23.0 Å². The molecule has 0 aliphatic carbocycles. The van der Waals surface area contributed by atoms with Crippen LogP contribution in [0.4, 0.5) is 0 Å². The van der Waals surface area contributed by atoms with Crippen LogP contribution < -0.4 is 9.47 Å². The molecule has 2 N–H and O–H groups in total. The van der Waals surface area contributed by atoms with Crippen LogP contribution in [-0.2, 0) is 52.8 Å². The van der Waals surface area contributed by atoms with Gasteiger partial charge in [0.15, 0.2) is 13.6 Å². The van der Waals surface area contributed by atoms with E-state index in [1.54, 1.807) is 14.2 Å². The van der Waals surface area contributed by atoms with Crippen molar-refractivity contribution < 1.29 is 30.6 Å². The molecule has 8 heteroatoms. The summed E-state index contributed by atoms with van der Waals surface area (Å²) in [5, 5.41) is 25.2. The Labute approximate surface area is 518 Å². The minimum absolute atomic E-state index is 0. The highest BCUT2D eigenvalue weighted by Gasteiger charge is 2.32. The number of ether oxygens (including phenoxy) is 4. The van der Waals surface area contributed by atoms with Crippen molar-refractivity contribution in [3.63, 3.8) is 0 Å². The van der Waals surface area contributed by atoms with Crippen LogP contribution in [0.15, 0.2) is 109 Å². The first-order valence-electron chi connectivity index (χ1n) is 30.6. The largest absolute Gasteiger partial charge is 1.00 e. The number of nitrogens with zero attached hydrogens (tertiary/aromatic N) is 2. The molecule has 0 aliphatic rings. The first-order chi connectivity index (χ1) is 39.5. The molecule has 0 spiro atoms. The Morgan fingerprint density at radius 2 is 0.628 bits per heavy atom. The van der Waals surface area contributed by atoms with Crippen LogP contribution in [0.2, 0.25) is 0 Å². The molecule has 0 amide bonds. The van der Waals surface area contributed by atoms with Gasteiger partial charge >= 0.3 is 1.43 Å². The van der Waals surface area contributed by atoms with E-state index in [1.807, 2.05) is 18.2 Å². The van der Waals surface area contributed by atoms with E-state index < -0.39 is 0 Å². The van der Waals surface area contributed by atoms with Gasteiger partial charge in [-0.05, 0) is 102 Å². The fourth-order valence-electron chi connectivity index (χ4n) is 10.9. The van der Waals surface area contributed by atoms with Crippen LogP contribution in [0.3, 0.4) is 0 Å². The molecule has 0 unspecified atom stereocenters. The van der Waals surface area contributed by atoms with Gasteiger partial charge in [0, 0.05) is 80.6 Å². The molecule has 0 aliphatic heterocycles. The van der Waals surface area contributed by atoms with Gasteiger partial charge in [0.25, 0.3) is 0 Å². The Balaban J connectivity index is 0.000000277. The zero-order valence-corrected chi connectivity index (χ0v) is 57.2. The Morgan fingerprint density at radius 3 is 0.988 bits per heavy atom. The number of aromatic nitrogens is 2. The van der Waals surface area contributed by atoms with Crippen LogP contribution >= 0.6 is 0 Å². The molecule has 8 rings (SSSR count). The van der Waals surface area contributed by atoms with Gasteiger partial charge in [0.2, 0.25) is 0 Å². The molecule has 8 aromatic rings. The van der Waals surface area contributed by atoms with E-state index in [4.69, 9.17) is 28.9 Å². The maximum absolute atomic E-state index is 11.6. The van der Waals surface area contributed by atoms with E-state index in [0.29, 0.717) is 5.75 Å². The van der Waals surface area contributed by atoms with Crippen molar-refractivity contribution in [1.82, 2.24) is 9.97 Å². The summed E-state index contributed by atoms with van der Waals surface area (Å²) in [4.78, 5) is 10.6. The lowest BCUT2D eigenvalue weighted by atomic mass is 9.78. The lowest BCUT2D eigenvalue weighted by Crippen LogP contribution is -2.19. The predicted molar refractivity (Wildman–Crippen MR) is 364 cm³/mol. The van der Waals surface area contributed by atoms with Gasteiger partial charge in [0.1, 0.15) is 23.0 Å². The van der Waals surface area contributed by atoms with E-state index in [2.05, 4.69) is 257 Å². The second-order valence-corrected chi connectivity index (χ2v) is 31.9. The second kappa shape index (κ2) is 24.1. The lowest BCUT2D eigenvalue weighted by molar-refractivity contribution is 0.0500. The van der Waals surface area contributed by atoms with Gasteiger partial charge in [-0.1, -0.05) is 239 Å². The maximum atomic E-state index is 11.6. The molecular formula is C78H103N2O6+. The highest BCUT2D eigenvalue weighted by molar-refractivity contribution is 5.98. The molecule has 2 heterocycles. The molecule has 6 aromatic carbocycles. The molecule has 0 atom stereocenters. The van der Waals surface area contributed by atoms with Gasteiger partial charge < -0.3 is 29.2 Å². The number of hydrogen-bond acceptors (Lipinski definition) is 8. The summed E-state index contributed by atoms with van der Waals surface area (Å²) in [5.74, 6) is 2.21. The molecule has 2 aromatic heterocycles. The third-order valence-electron chi connectivity index (χ3n) is 16.3. The molecule has 8 nitrogen and oxygen atoms in total. The molecule has 0 saturated carbocycles. The van der Waals surface area contributed by atoms with Crippen LogP contribution in [-0.4, -0.2) is 48.0 Å². The number of phenols is 2. The first kappa shape index (κ1) is 66.8. The van der Waals surface area contributed by atoms with Crippen LogP contribution in [0.1, 0.15) is 212 Å². The predicted octanol–water partition coefficient (Wildman–Crippen LogP) is 21.0. The Morgan fingerprint density at radius 1 is 0.326 bits per heavy atom. The Bertz CT molecular complexity index is 3780. The maximum Gasteiger partial charge on any atom is 1.00 e. The minimum atomic E-state index is -0.232. The molecule has 0 radical (unpaired) electrons. The first-order valence-corrected chi connectivity index (χ1v) is 30.6. The number of aromatic hydroxyl groups is 2. The van der Waals surface area contributed by atoms with Gasteiger partial charge in [-0.3, -0.25) is 0 Å². The fourth-order valence-corrected chi connectivity index (χ4v) is 10.9. The van der Waals surface area contributed by atoms with E-state index in [0.717, 1.165) is 106 Å². The van der Waals surface area contributed by atoms with Crippen molar-refractivity contribution in [2.45, 2.75) is 209 Å². The third kappa shape index (κ3) is 14.6. The van der Waals surface area contributed by atoms with Gasteiger partial charge in [-0.25, -0.2) is 9.97 Å². The highest BCUT2D eigenvalue weighted by Crippen LogP contribution is 2.49. The smallest absolute Gasteiger partial charge is 0.507 e. The SMILES string of the molecule is CC(C)(C)c1cc(-c2ccc3cccc(-c4cc(C(C)(C)C)cc(C(C)(C)C)c4O)c3n2)c(O)c(C(C)(C)C)c1.COCOc1c(-c2ccc3cccc(-c4cc(C(C)(C)C)cc(C(C)(C)C)c4OCOC)c3n2)cc(C(C)(C)C)cc1C(C)(C)C.[H+]. The number of rotatable bonds is 10. The van der Waals surface area contributed by atoms with Crippen molar-refractivity contribution in [3.05, 3.63) is 154 Å². The monoisotopic (exact) mass is 1160 g/mol. The minimum Gasteiger partial charge on any atom is -0.507 e. The summed E-state index contributed by atoms with van der Waals surface area (Å²) in [7, 11) is 3.31. The van der Waals surface area contributed by atoms with Crippen molar-refractivity contribution in [2.75, 3.05) is 27.8 Å². The topological polar surface area (TPSA) is 103 Å². The standard InChI is InChI=1S/C41H55NO4.C37H47NO2/c1-38(2,3)27-20-30(36(45-24-43-13)32(22-27)40(7,8)9)29-17-15-16-26-18-19-34(42-35(26)29)31-21-28(39(4,5)6)23-33(41(10,11)12)37(31)46-25-44-14;1-34(2,3)23-18-26(32(39)28(20-23)36(7,8)9)25-15-13-14-22-16-17-30(38-31(22)25)27-19-24(35(4,5)6)21-29(33(27)40)37(10,11)12/h15-23H,24-25H2,1-14H3;13-21,39-40H,1-12H3/p+1. The normalized spacial score (nSPS) is 13.0.